The molecule has 2 nitrogen and oxygen atoms in total. The van der Waals surface area contributed by atoms with Gasteiger partial charge in [-0.25, -0.2) is 0 Å². The Bertz CT molecular complexity index is 201. The van der Waals surface area contributed by atoms with E-state index >= 15 is 0 Å². The van der Waals surface area contributed by atoms with Gasteiger partial charge in [-0.05, 0) is 17.8 Å². The van der Waals surface area contributed by atoms with Crippen LogP contribution in [0.3, 0.4) is 0 Å². The van der Waals surface area contributed by atoms with Crippen molar-refractivity contribution in [3.8, 4) is 0 Å². The van der Waals surface area contributed by atoms with Gasteiger partial charge in [0.2, 0.25) is 0 Å². The maximum atomic E-state index is 3.43. The molecule has 1 saturated heterocycles. The first-order valence-electron chi connectivity index (χ1n) is 7.09. The molecule has 2 heteroatoms. The topological polar surface area (TPSA) is 15.3 Å². The van der Waals surface area contributed by atoms with Gasteiger partial charge in [-0.2, -0.15) is 0 Å². The van der Waals surface area contributed by atoms with Crippen molar-refractivity contribution < 1.29 is 0 Å². The van der Waals surface area contributed by atoms with Crippen LogP contribution in [-0.2, 0) is 0 Å². The van der Waals surface area contributed by atoms with Gasteiger partial charge in [-0.15, -0.1) is 0 Å². The van der Waals surface area contributed by atoms with Crippen molar-refractivity contribution in [1.29, 1.82) is 0 Å². The second-order valence-corrected chi connectivity index (χ2v) is 6.54. The van der Waals surface area contributed by atoms with Crippen LogP contribution in [0, 0.1) is 11.3 Å². The van der Waals surface area contributed by atoms with Crippen LogP contribution in [0.2, 0.25) is 0 Å². The minimum Gasteiger partial charge on any atom is -0.314 e. The van der Waals surface area contributed by atoms with Gasteiger partial charge in [0.1, 0.15) is 0 Å². The predicted octanol–water partition coefficient (Wildman–Crippen LogP) is 2.50. The fourth-order valence-electron chi connectivity index (χ4n) is 3.54. The Morgan fingerprint density at radius 1 is 1.12 bits per heavy atom. The van der Waals surface area contributed by atoms with Gasteiger partial charge >= 0.3 is 0 Å². The highest BCUT2D eigenvalue weighted by Gasteiger charge is 2.27. The van der Waals surface area contributed by atoms with Gasteiger partial charge in [-0.1, -0.05) is 39.5 Å². The van der Waals surface area contributed by atoms with Gasteiger partial charge in [0, 0.05) is 32.7 Å². The molecular formula is C14H28N2. The molecule has 1 aliphatic heterocycles. The summed E-state index contributed by atoms with van der Waals surface area (Å²) < 4.78 is 0. The molecule has 0 atom stereocenters. The van der Waals surface area contributed by atoms with Crippen LogP contribution in [-0.4, -0.2) is 37.6 Å². The minimum absolute atomic E-state index is 0.520. The summed E-state index contributed by atoms with van der Waals surface area (Å²) in [5, 5.41) is 3.43. The molecule has 1 N–H and O–H groups in total. The van der Waals surface area contributed by atoms with E-state index < -0.39 is 0 Å². The third kappa shape index (κ3) is 3.74. The molecule has 1 heterocycles. The summed E-state index contributed by atoms with van der Waals surface area (Å²) in [6, 6.07) is 0. The van der Waals surface area contributed by atoms with Crippen LogP contribution >= 0.6 is 0 Å². The summed E-state index contributed by atoms with van der Waals surface area (Å²) in [4.78, 5) is 2.64. The van der Waals surface area contributed by atoms with E-state index in [2.05, 4.69) is 24.1 Å². The molecule has 0 unspecified atom stereocenters. The van der Waals surface area contributed by atoms with Gasteiger partial charge in [-0.3, -0.25) is 0 Å². The van der Waals surface area contributed by atoms with Crippen molar-refractivity contribution in [2.24, 2.45) is 11.3 Å². The summed E-state index contributed by atoms with van der Waals surface area (Å²) >= 11 is 0. The smallest absolute Gasteiger partial charge is 0.0108 e. The highest BCUT2D eigenvalue weighted by molar-refractivity contribution is 4.81. The normalized spacial score (nSPS) is 25.1. The third-order valence-electron chi connectivity index (χ3n) is 4.18. The minimum atomic E-state index is 0.520. The Balaban J connectivity index is 1.76. The number of rotatable bonds is 4. The Labute approximate surface area is 101 Å². The number of nitrogens with one attached hydrogen (secondary N) is 1. The van der Waals surface area contributed by atoms with Crippen LogP contribution in [0.15, 0.2) is 0 Å². The molecule has 0 spiro atoms. The fourth-order valence-corrected chi connectivity index (χ4v) is 3.54. The zero-order chi connectivity index (χ0) is 11.4. The van der Waals surface area contributed by atoms with E-state index in [1.54, 1.807) is 0 Å². The molecule has 94 valence electrons. The van der Waals surface area contributed by atoms with Crippen molar-refractivity contribution in [3.05, 3.63) is 0 Å². The predicted molar refractivity (Wildman–Crippen MR) is 69.7 cm³/mol. The molecule has 0 radical (unpaired) electrons. The summed E-state index contributed by atoms with van der Waals surface area (Å²) in [5.74, 6) is 1.03. The lowest BCUT2D eigenvalue weighted by molar-refractivity contribution is 0.137. The number of hydrogen-bond donors (Lipinski definition) is 1. The van der Waals surface area contributed by atoms with Crippen molar-refractivity contribution in [2.45, 2.75) is 46.0 Å². The van der Waals surface area contributed by atoms with Crippen LogP contribution in [0.4, 0.5) is 0 Å². The molecule has 0 aromatic rings. The number of piperazine rings is 1. The molecule has 16 heavy (non-hydrogen) atoms. The summed E-state index contributed by atoms with van der Waals surface area (Å²) in [5.41, 5.74) is 0.520. The van der Waals surface area contributed by atoms with E-state index in [9.17, 15) is 0 Å². The van der Waals surface area contributed by atoms with Crippen LogP contribution in [0.5, 0.6) is 0 Å². The highest BCUT2D eigenvalue weighted by Crippen LogP contribution is 2.36. The molecule has 1 saturated carbocycles. The van der Waals surface area contributed by atoms with E-state index in [4.69, 9.17) is 0 Å². The lowest BCUT2D eigenvalue weighted by Gasteiger charge is -2.36. The zero-order valence-electron chi connectivity index (χ0n) is 11.1. The van der Waals surface area contributed by atoms with Crippen molar-refractivity contribution >= 4 is 0 Å². The standard InChI is InChI=1S/C14H28N2/c1-14(2,11-13-5-3-4-6-13)12-16-9-7-15-8-10-16/h13,15H,3-12H2,1-2H3. The van der Waals surface area contributed by atoms with Crippen LogP contribution in [0.1, 0.15) is 46.0 Å². The first-order chi connectivity index (χ1) is 7.66. The molecule has 2 fully saturated rings. The summed E-state index contributed by atoms with van der Waals surface area (Å²) in [6.07, 6.45) is 7.38. The Morgan fingerprint density at radius 3 is 2.38 bits per heavy atom. The zero-order valence-corrected chi connectivity index (χ0v) is 11.1. The fraction of sp³-hybridized carbons (Fsp3) is 1.00. The molecule has 1 aliphatic carbocycles. The monoisotopic (exact) mass is 224 g/mol. The Kier molecular flexibility index (Phi) is 4.26. The first kappa shape index (κ1) is 12.4. The van der Waals surface area contributed by atoms with Gasteiger partial charge in [0.05, 0.1) is 0 Å². The van der Waals surface area contributed by atoms with Gasteiger partial charge in [0.15, 0.2) is 0 Å². The largest absolute Gasteiger partial charge is 0.314 e. The quantitative estimate of drug-likeness (QED) is 0.789. The van der Waals surface area contributed by atoms with Gasteiger partial charge < -0.3 is 10.2 Å². The van der Waals surface area contributed by atoms with Crippen molar-refractivity contribution in [1.82, 2.24) is 10.2 Å². The first-order valence-corrected chi connectivity index (χ1v) is 7.09. The number of nitrogens with zero attached hydrogens (tertiary/aromatic N) is 1. The van der Waals surface area contributed by atoms with E-state index in [0.29, 0.717) is 5.41 Å². The van der Waals surface area contributed by atoms with Crippen molar-refractivity contribution in [2.75, 3.05) is 32.7 Å². The molecule has 0 aromatic heterocycles. The molecule has 0 bridgehead atoms. The van der Waals surface area contributed by atoms with Crippen LogP contribution < -0.4 is 5.32 Å². The average molecular weight is 224 g/mol. The lowest BCUT2D eigenvalue weighted by Crippen LogP contribution is -2.47. The Morgan fingerprint density at radius 2 is 1.75 bits per heavy atom. The molecule has 0 aromatic carbocycles. The summed E-state index contributed by atoms with van der Waals surface area (Å²) in [6.45, 7) is 11.1. The molecule has 2 rings (SSSR count). The van der Waals surface area contributed by atoms with Crippen molar-refractivity contribution in [3.63, 3.8) is 0 Å². The lowest BCUT2D eigenvalue weighted by atomic mass is 9.81. The van der Waals surface area contributed by atoms with E-state index in [1.807, 2.05) is 0 Å². The van der Waals surface area contributed by atoms with E-state index in [1.165, 1.54) is 64.8 Å². The molecule has 2 aliphatic rings. The summed E-state index contributed by atoms with van der Waals surface area (Å²) in [7, 11) is 0. The number of hydrogen-bond acceptors (Lipinski definition) is 2. The maximum absolute atomic E-state index is 3.43. The average Bonchev–Trinajstić information content (AvgIpc) is 2.70. The van der Waals surface area contributed by atoms with Crippen LogP contribution in [0.25, 0.3) is 0 Å². The second kappa shape index (κ2) is 5.50. The van der Waals surface area contributed by atoms with E-state index in [-0.39, 0.29) is 0 Å². The van der Waals surface area contributed by atoms with E-state index in [0.717, 1.165) is 5.92 Å². The molecule has 0 amide bonds. The Hall–Kier alpha value is -0.0800. The maximum Gasteiger partial charge on any atom is 0.0108 e. The third-order valence-corrected chi connectivity index (χ3v) is 4.18. The van der Waals surface area contributed by atoms with Gasteiger partial charge in [0.25, 0.3) is 0 Å². The second-order valence-electron chi connectivity index (χ2n) is 6.54. The molecular weight excluding hydrogens is 196 g/mol. The highest BCUT2D eigenvalue weighted by atomic mass is 15.2. The SMILES string of the molecule is CC(C)(CC1CCCC1)CN1CCNCC1.